The average Bonchev–Trinajstić information content (AvgIpc) is 2.16. The lowest BCUT2D eigenvalue weighted by atomic mass is 9.81. The number of nitrogens with one attached hydrogen (secondary N) is 1. The van der Waals surface area contributed by atoms with Gasteiger partial charge in [-0.05, 0) is 25.3 Å². The van der Waals surface area contributed by atoms with Gasteiger partial charge in [-0.3, -0.25) is 4.90 Å². The zero-order valence-corrected chi connectivity index (χ0v) is 11.4. The van der Waals surface area contributed by atoms with Crippen molar-refractivity contribution >= 4 is 0 Å². The molecule has 1 rings (SSSR count). The molecule has 2 atom stereocenters. The molecule has 1 fully saturated rings. The molecule has 2 nitrogen and oxygen atoms in total. The minimum Gasteiger partial charge on any atom is -0.309 e. The van der Waals surface area contributed by atoms with Crippen LogP contribution >= 0.6 is 0 Å². The fourth-order valence-corrected chi connectivity index (χ4v) is 2.51. The normalized spacial score (nSPS) is 34.4. The summed E-state index contributed by atoms with van der Waals surface area (Å²) in [5.41, 5.74) is 0.690. The zero-order valence-electron chi connectivity index (χ0n) is 11.4. The highest BCUT2D eigenvalue weighted by atomic mass is 15.3. The van der Waals surface area contributed by atoms with Crippen molar-refractivity contribution < 1.29 is 0 Å². The molecule has 2 heteroatoms. The van der Waals surface area contributed by atoms with Crippen LogP contribution in [0.4, 0.5) is 0 Å². The third-order valence-electron chi connectivity index (χ3n) is 3.90. The van der Waals surface area contributed by atoms with Crippen LogP contribution < -0.4 is 5.32 Å². The molecular formula is C13H28N2. The number of hydrogen-bond acceptors (Lipinski definition) is 2. The van der Waals surface area contributed by atoms with Crippen molar-refractivity contribution in [3.63, 3.8) is 0 Å². The lowest BCUT2D eigenvalue weighted by Gasteiger charge is -2.50. The van der Waals surface area contributed by atoms with Gasteiger partial charge in [0.15, 0.2) is 0 Å². The summed E-state index contributed by atoms with van der Waals surface area (Å²) in [4.78, 5) is 2.64. The highest BCUT2D eigenvalue weighted by molar-refractivity contribution is 4.97. The molecule has 0 aromatic heterocycles. The second-order valence-corrected chi connectivity index (χ2v) is 6.24. The number of rotatable bonds is 2. The first kappa shape index (κ1) is 13.0. The van der Waals surface area contributed by atoms with E-state index in [0.29, 0.717) is 17.0 Å². The summed E-state index contributed by atoms with van der Waals surface area (Å²) in [5, 5.41) is 3.72. The van der Waals surface area contributed by atoms with Crippen LogP contribution in [0, 0.1) is 5.41 Å². The van der Waals surface area contributed by atoms with Crippen molar-refractivity contribution in [2.24, 2.45) is 5.41 Å². The molecule has 1 saturated heterocycles. The molecule has 0 radical (unpaired) electrons. The summed E-state index contributed by atoms with van der Waals surface area (Å²) >= 11 is 0. The van der Waals surface area contributed by atoms with Crippen molar-refractivity contribution in [2.75, 3.05) is 19.6 Å². The first-order chi connectivity index (χ1) is 6.82. The van der Waals surface area contributed by atoms with E-state index >= 15 is 0 Å². The molecule has 15 heavy (non-hydrogen) atoms. The van der Waals surface area contributed by atoms with Gasteiger partial charge in [0.1, 0.15) is 0 Å². The van der Waals surface area contributed by atoms with Crippen LogP contribution in [0.2, 0.25) is 0 Å². The van der Waals surface area contributed by atoms with Gasteiger partial charge in [0.2, 0.25) is 0 Å². The molecule has 1 N–H and O–H groups in total. The molecule has 0 spiro atoms. The number of nitrogens with zero attached hydrogens (tertiary/aromatic N) is 1. The first-order valence-corrected chi connectivity index (χ1v) is 6.31. The van der Waals surface area contributed by atoms with Crippen molar-refractivity contribution in [2.45, 2.75) is 59.5 Å². The van der Waals surface area contributed by atoms with Crippen molar-refractivity contribution in [3.8, 4) is 0 Å². The summed E-state index contributed by atoms with van der Waals surface area (Å²) < 4.78 is 0. The Morgan fingerprint density at radius 2 is 1.93 bits per heavy atom. The van der Waals surface area contributed by atoms with Crippen LogP contribution in [0.15, 0.2) is 0 Å². The molecule has 0 saturated carbocycles. The largest absolute Gasteiger partial charge is 0.309 e. The van der Waals surface area contributed by atoms with E-state index in [9.17, 15) is 0 Å². The van der Waals surface area contributed by atoms with Crippen molar-refractivity contribution in [3.05, 3.63) is 0 Å². The summed E-state index contributed by atoms with van der Waals surface area (Å²) in [6.45, 7) is 17.4. The molecule has 90 valence electrons. The fourth-order valence-electron chi connectivity index (χ4n) is 2.51. The molecule has 2 unspecified atom stereocenters. The van der Waals surface area contributed by atoms with Gasteiger partial charge in [-0.25, -0.2) is 0 Å². The number of likely N-dealkylation sites (N-methyl/N-ethyl adjacent to an activating group) is 1. The van der Waals surface area contributed by atoms with Gasteiger partial charge in [-0.2, -0.15) is 0 Å². The van der Waals surface area contributed by atoms with Crippen LogP contribution in [0.3, 0.4) is 0 Å². The molecule has 1 aliphatic heterocycles. The Hall–Kier alpha value is -0.0800. The van der Waals surface area contributed by atoms with Crippen LogP contribution in [0.1, 0.15) is 48.0 Å². The quantitative estimate of drug-likeness (QED) is 0.756. The summed E-state index contributed by atoms with van der Waals surface area (Å²) in [7, 11) is 0. The second-order valence-electron chi connectivity index (χ2n) is 6.24. The fraction of sp³-hybridized carbons (Fsp3) is 1.00. The van der Waals surface area contributed by atoms with Gasteiger partial charge in [0, 0.05) is 24.7 Å². The van der Waals surface area contributed by atoms with Gasteiger partial charge >= 0.3 is 0 Å². The topological polar surface area (TPSA) is 15.3 Å². The van der Waals surface area contributed by atoms with E-state index in [1.807, 2.05) is 0 Å². The van der Waals surface area contributed by atoms with Gasteiger partial charge in [0.05, 0.1) is 0 Å². The smallest absolute Gasteiger partial charge is 0.0278 e. The van der Waals surface area contributed by atoms with Gasteiger partial charge in [-0.15, -0.1) is 0 Å². The van der Waals surface area contributed by atoms with Crippen LogP contribution in [-0.4, -0.2) is 36.1 Å². The van der Waals surface area contributed by atoms with E-state index in [1.165, 1.54) is 19.5 Å². The number of piperazine rings is 1. The molecule has 0 bridgehead atoms. The van der Waals surface area contributed by atoms with Crippen molar-refractivity contribution in [1.82, 2.24) is 10.2 Å². The third kappa shape index (κ3) is 2.94. The van der Waals surface area contributed by atoms with E-state index in [0.717, 1.165) is 6.54 Å². The minimum absolute atomic E-state index is 0.317. The highest BCUT2D eigenvalue weighted by Gasteiger charge is 2.38. The number of hydrogen-bond donors (Lipinski definition) is 1. The van der Waals surface area contributed by atoms with Gasteiger partial charge in [-0.1, -0.05) is 34.6 Å². The first-order valence-electron chi connectivity index (χ1n) is 6.31. The Kier molecular flexibility index (Phi) is 3.83. The maximum atomic E-state index is 3.72. The lowest BCUT2D eigenvalue weighted by Crippen LogP contribution is -2.65. The van der Waals surface area contributed by atoms with E-state index in [1.54, 1.807) is 0 Å². The molecule has 1 aliphatic rings. The Morgan fingerprint density at radius 1 is 1.33 bits per heavy atom. The van der Waals surface area contributed by atoms with E-state index in [2.05, 4.69) is 51.8 Å². The second kappa shape index (κ2) is 4.42. The summed E-state index contributed by atoms with van der Waals surface area (Å²) in [6.07, 6.45) is 1.21. The maximum Gasteiger partial charge on any atom is 0.0278 e. The summed E-state index contributed by atoms with van der Waals surface area (Å²) in [6, 6.07) is 0.669. The van der Waals surface area contributed by atoms with E-state index in [-0.39, 0.29) is 0 Å². The molecule has 0 aromatic carbocycles. The summed E-state index contributed by atoms with van der Waals surface area (Å²) in [5.74, 6) is 0. The molecule has 0 aromatic rings. The monoisotopic (exact) mass is 212 g/mol. The molecule has 0 amide bonds. The van der Waals surface area contributed by atoms with E-state index < -0.39 is 0 Å². The van der Waals surface area contributed by atoms with Gasteiger partial charge < -0.3 is 5.32 Å². The molecule has 0 aliphatic carbocycles. The molecule has 1 heterocycles. The lowest BCUT2D eigenvalue weighted by molar-refractivity contribution is 0.0305. The van der Waals surface area contributed by atoms with Crippen molar-refractivity contribution in [1.29, 1.82) is 0 Å². The highest BCUT2D eigenvalue weighted by Crippen LogP contribution is 2.29. The van der Waals surface area contributed by atoms with Crippen LogP contribution in [0.25, 0.3) is 0 Å². The minimum atomic E-state index is 0.317. The Labute approximate surface area is 95.4 Å². The van der Waals surface area contributed by atoms with Crippen LogP contribution in [-0.2, 0) is 0 Å². The zero-order chi connectivity index (χ0) is 11.7. The average molecular weight is 212 g/mol. The SMILES string of the molecule is CCN1CC(C)(CC)NCC1C(C)(C)C. The third-order valence-corrected chi connectivity index (χ3v) is 3.90. The maximum absolute atomic E-state index is 3.72. The van der Waals surface area contributed by atoms with Gasteiger partial charge in [0.25, 0.3) is 0 Å². The standard InChI is InChI=1S/C13H28N2/c1-7-13(6)10-15(8-2)11(9-14-13)12(3,4)5/h11,14H,7-10H2,1-6H3. The van der Waals surface area contributed by atoms with Crippen LogP contribution in [0.5, 0.6) is 0 Å². The Balaban J connectivity index is 2.73. The van der Waals surface area contributed by atoms with E-state index in [4.69, 9.17) is 0 Å². The molecular weight excluding hydrogens is 184 g/mol. The predicted octanol–water partition coefficient (Wildman–Crippen LogP) is 2.49. The Morgan fingerprint density at radius 3 is 2.33 bits per heavy atom. The Bertz CT molecular complexity index is 207. The predicted molar refractivity (Wildman–Crippen MR) is 67.2 cm³/mol.